The number of aliphatic hydroxyl groups is 2. The minimum atomic E-state index is -0.405. The molecule has 1 fully saturated rings. The van der Waals surface area contributed by atoms with Crippen LogP contribution in [0.4, 0.5) is 0 Å². The average molecular weight is 314 g/mol. The second-order valence-electron chi connectivity index (χ2n) is 6.77. The molecular weight excluding hydrogens is 288 g/mol. The number of rotatable bonds is 5. The quantitative estimate of drug-likeness (QED) is 0.890. The molecule has 2 N–H and O–H groups in total. The number of para-hydroxylation sites is 1. The Balaban J connectivity index is 1.82. The lowest BCUT2D eigenvalue weighted by Crippen LogP contribution is -2.53. The van der Waals surface area contributed by atoms with Crippen molar-refractivity contribution >= 4 is 10.9 Å². The minimum Gasteiger partial charge on any atom is -0.396 e. The smallest absolute Gasteiger partial charge is 0.0705 e. The molecule has 3 rings (SSSR count). The number of hydrogen-bond donors (Lipinski definition) is 2. The summed E-state index contributed by atoms with van der Waals surface area (Å²) in [5.74, 6) is 0. The van der Waals surface area contributed by atoms with Crippen LogP contribution in [0.5, 0.6) is 0 Å². The van der Waals surface area contributed by atoms with E-state index in [1.54, 1.807) is 0 Å². The lowest BCUT2D eigenvalue weighted by Gasteiger charge is -2.45. The van der Waals surface area contributed by atoms with Gasteiger partial charge in [-0.1, -0.05) is 31.5 Å². The van der Waals surface area contributed by atoms with E-state index >= 15 is 0 Å². The maximum absolute atomic E-state index is 10.4. The monoisotopic (exact) mass is 314 g/mol. The first-order valence-electron chi connectivity index (χ1n) is 8.52. The van der Waals surface area contributed by atoms with Gasteiger partial charge in [-0.15, -0.1) is 0 Å². The SMILES string of the molecule is CCC[C@@]1(CO)CN(Cc2ccnc3ccccc23)CC[C@@H]1O. The van der Waals surface area contributed by atoms with Crippen molar-refractivity contribution in [3.8, 4) is 0 Å². The van der Waals surface area contributed by atoms with Gasteiger partial charge < -0.3 is 10.2 Å². The topological polar surface area (TPSA) is 56.6 Å². The van der Waals surface area contributed by atoms with Crippen LogP contribution >= 0.6 is 0 Å². The van der Waals surface area contributed by atoms with E-state index in [-0.39, 0.29) is 12.0 Å². The molecule has 0 unspecified atom stereocenters. The maximum Gasteiger partial charge on any atom is 0.0705 e. The molecule has 2 aromatic rings. The standard InChI is InChI=1S/C19H26N2O2/c1-2-9-19(14-22)13-21(11-8-18(19)23)12-15-7-10-20-17-6-4-3-5-16(15)17/h3-7,10,18,22-23H,2,8-9,11-14H2,1H3/t18-,19-/m0/s1. The van der Waals surface area contributed by atoms with Crippen LogP contribution in [0.2, 0.25) is 0 Å². The molecule has 0 amide bonds. The predicted molar refractivity (Wildman–Crippen MR) is 92.1 cm³/mol. The number of aromatic nitrogens is 1. The third kappa shape index (κ3) is 3.25. The van der Waals surface area contributed by atoms with Crippen molar-refractivity contribution in [1.82, 2.24) is 9.88 Å². The predicted octanol–water partition coefficient (Wildman–Crippen LogP) is 2.58. The number of hydrogen-bond acceptors (Lipinski definition) is 4. The van der Waals surface area contributed by atoms with Gasteiger partial charge in [-0.25, -0.2) is 0 Å². The van der Waals surface area contributed by atoms with Crippen molar-refractivity contribution in [2.75, 3.05) is 19.7 Å². The highest BCUT2D eigenvalue weighted by atomic mass is 16.3. The van der Waals surface area contributed by atoms with Crippen LogP contribution in [0, 0.1) is 5.41 Å². The summed E-state index contributed by atoms with van der Waals surface area (Å²) >= 11 is 0. The molecule has 2 atom stereocenters. The van der Waals surface area contributed by atoms with Gasteiger partial charge in [0.2, 0.25) is 0 Å². The van der Waals surface area contributed by atoms with Crippen molar-refractivity contribution in [2.45, 2.75) is 38.8 Å². The van der Waals surface area contributed by atoms with Crippen LogP contribution in [0.1, 0.15) is 31.7 Å². The van der Waals surface area contributed by atoms with E-state index in [1.807, 2.05) is 24.4 Å². The highest BCUT2D eigenvalue weighted by Crippen LogP contribution is 2.35. The second-order valence-corrected chi connectivity index (χ2v) is 6.77. The molecule has 1 aliphatic heterocycles. The molecule has 2 heterocycles. The van der Waals surface area contributed by atoms with E-state index in [1.165, 1.54) is 10.9 Å². The van der Waals surface area contributed by atoms with Gasteiger partial charge in [0, 0.05) is 36.6 Å². The minimum absolute atomic E-state index is 0.0512. The van der Waals surface area contributed by atoms with E-state index in [0.717, 1.165) is 44.4 Å². The molecule has 1 saturated heterocycles. The number of piperidine rings is 1. The average Bonchev–Trinajstić information content (AvgIpc) is 2.58. The summed E-state index contributed by atoms with van der Waals surface area (Å²) in [5, 5.41) is 21.5. The van der Waals surface area contributed by atoms with Crippen LogP contribution in [0.15, 0.2) is 36.5 Å². The number of likely N-dealkylation sites (tertiary alicyclic amines) is 1. The third-order valence-corrected chi connectivity index (χ3v) is 5.16. The summed E-state index contributed by atoms with van der Waals surface area (Å²) in [5.41, 5.74) is 1.90. The van der Waals surface area contributed by atoms with E-state index in [2.05, 4.69) is 28.9 Å². The number of aliphatic hydroxyl groups excluding tert-OH is 2. The highest BCUT2D eigenvalue weighted by molar-refractivity contribution is 5.81. The van der Waals surface area contributed by atoms with Gasteiger partial charge in [-0.05, 0) is 30.5 Å². The summed E-state index contributed by atoms with van der Waals surface area (Å²) in [7, 11) is 0. The van der Waals surface area contributed by atoms with Gasteiger partial charge in [0.25, 0.3) is 0 Å². The summed E-state index contributed by atoms with van der Waals surface area (Å²) in [6, 6.07) is 10.3. The van der Waals surface area contributed by atoms with Crippen molar-refractivity contribution in [2.24, 2.45) is 5.41 Å². The van der Waals surface area contributed by atoms with Gasteiger partial charge >= 0.3 is 0 Å². The normalized spacial score (nSPS) is 25.8. The van der Waals surface area contributed by atoms with Crippen LogP contribution in [0.3, 0.4) is 0 Å². The Bertz CT molecular complexity index is 655. The van der Waals surface area contributed by atoms with Gasteiger partial charge in [0.15, 0.2) is 0 Å². The molecule has 1 aliphatic rings. The van der Waals surface area contributed by atoms with Crippen molar-refractivity contribution in [1.29, 1.82) is 0 Å². The Morgan fingerprint density at radius 3 is 2.91 bits per heavy atom. The van der Waals surface area contributed by atoms with Gasteiger partial charge in [-0.3, -0.25) is 9.88 Å². The molecule has 0 radical (unpaired) electrons. The zero-order valence-electron chi connectivity index (χ0n) is 13.8. The second kappa shape index (κ2) is 6.95. The summed E-state index contributed by atoms with van der Waals surface area (Å²) < 4.78 is 0. The molecule has 0 spiro atoms. The zero-order chi connectivity index (χ0) is 16.3. The fourth-order valence-electron chi connectivity index (χ4n) is 3.89. The first-order valence-corrected chi connectivity index (χ1v) is 8.52. The largest absolute Gasteiger partial charge is 0.396 e. The molecule has 0 aliphatic carbocycles. The zero-order valence-corrected chi connectivity index (χ0v) is 13.8. The number of nitrogens with zero attached hydrogens (tertiary/aromatic N) is 2. The number of fused-ring (bicyclic) bond motifs is 1. The fraction of sp³-hybridized carbons (Fsp3) is 0.526. The molecule has 1 aromatic carbocycles. The fourth-order valence-corrected chi connectivity index (χ4v) is 3.89. The van der Waals surface area contributed by atoms with E-state index in [0.29, 0.717) is 0 Å². The van der Waals surface area contributed by atoms with Crippen LogP contribution < -0.4 is 0 Å². The first-order chi connectivity index (χ1) is 11.2. The lowest BCUT2D eigenvalue weighted by molar-refractivity contribution is -0.0819. The highest BCUT2D eigenvalue weighted by Gasteiger charge is 2.41. The van der Waals surface area contributed by atoms with Crippen molar-refractivity contribution < 1.29 is 10.2 Å². The number of benzene rings is 1. The van der Waals surface area contributed by atoms with Gasteiger partial charge in [0.1, 0.15) is 0 Å². The molecule has 0 bridgehead atoms. The molecule has 1 aromatic heterocycles. The van der Waals surface area contributed by atoms with Crippen LogP contribution in [-0.2, 0) is 6.54 Å². The van der Waals surface area contributed by atoms with Crippen molar-refractivity contribution in [3.63, 3.8) is 0 Å². The summed E-state index contributed by atoms with van der Waals surface area (Å²) in [6.45, 7) is 4.61. The van der Waals surface area contributed by atoms with Gasteiger partial charge in [0.05, 0.1) is 18.2 Å². The Morgan fingerprint density at radius 1 is 1.30 bits per heavy atom. The van der Waals surface area contributed by atoms with Crippen LogP contribution in [0.25, 0.3) is 10.9 Å². The Kier molecular flexibility index (Phi) is 4.95. The molecule has 23 heavy (non-hydrogen) atoms. The Morgan fingerprint density at radius 2 is 2.13 bits per heavy atom. The van der Waals surface area contributed by atoms with E-state index in [4.69, 9.17) is 0 Å². The van der Waals surface area contributed by atoms with Gasteiger partial charge in [-0.2, -0.15) is 0 Å². The number of pyridine rings is 1. The van der Waals surface area contributed by atoms with E-state index < -0.39 is 6.10 Å². The van der Waals surface area contributed by atoms with E-state index in [9.17, 15) is 10.2 Å². The van der Waals surface area contributed by atoms with Crippen LogP contribution in [-0.4, -0.2) is 45.9 Å². The first kappa shape index (κ1) is 16.4. The third-order valence-electron chi connectivity index (χ3n) is 5.16. The van der Waals surface area contributed by atoms with Crippen molar-refractivity contribution in [3.05, 3.63) is 42.1 Å². The molecule has 4 nitrogen and oxygen atoms in total. The Hall–Kier alpha value is -1.49. The molecule has 4 heteroatoms. The lowest BCUT2D eigenvalue weighted by atomic mass is 9.74. The molecule has 0 saturated carbocycles. The Labute approximate surface area is 137 Å². The summed E-state index contributed by atoms with van der Waals surface area (Å²) in [4.78, 5) is 6.78. The molecule has 124 valence electrons. The molecular formula is C19H26N2O2. The maximum atomic E-state index is 10.4. The summed E-state index contributed by atoms with van der Waals surface area (Å²) in [6.07, 6.45) is 4.02.